The zero-order valence-electron chi connectivity index (χ0n) is 14.6. The number of nitriles is 1. The maximum absolute atomic E-state index is 12.5. The summed E-state index contributed by atoms with van der Waals surface area (Å²) < 4.78 is 0. The number of hydrogen-bond donors (Lipinski definition) is 2. The van der Waals surface area contributed by atoms with Gasteiger partial charge in [0.15, 0.2) is 0 Å². The molecule has 0 spiro atoms. The fraction of sp³-hybridized carbons (Fsp3) is 0.0952. The highest BCUT2D eigenvalue weighted by Crippen LogP contribution is 2.21. The van der Waals surface area contributed by atoms with E-state index in [4.69, 9.17) is 0 Å². The number of nitrogens with one attached hydrogen (secondary N) is 2. The predicted molar refractivity (Wildman–Crippen MR) is 103 cm³/mol. The number of nitrogens with zero attached hydrogens (tertiary/aromatic N) is 2. The summed E-state index contributed by atoms with van der Waals surface area (Å²) in [5.41, 5.74) is 5.19. The Morgan fingerprint density at radius 2 is 1.85 bits per heavy atom. The van der Waals surface area contributed by atoms with Crippen LogP contribution >= 0.6 is 0 Å². The molecule has 0 bridgehead atoms. The van der Waals surface area contributed by atoms with Crippen molar-refractivity contribution in [1.82, 2.24) is 4.98 Å². The number of amides is 1. The molecule has 0 atom stereocenters. The van der Waals surface area contributed by atoms with E-state index in [0.717, 1.165) is 16.8 Å². The van der Waals surface area contributed by atoms with Crippen molar-refractivity contribution in [2.24, 2.45) is 0 Å². The van der Waals surface area contributed by atoms with E-state index in [1.165, 1.54) is 6.20 Å². The van der Waals surface area contributed by atoms with Gasteiger partial charge in [0, 0.05) is 11.9 Å². The fourth-order valence-corrected chi connectivity index (χ4v) is 2.63. The van der Waals surface area contributed by atoms with E-state index in [-0.39, 0.29) is 5.91 Å². The molecule has 2 aromatic carbocycles. The lowest BCUT2D eigenvalue weighted by Gasteiger charge is -2.11. The van der Waals surface area contributed by atoms with E-state index < -0.39 is 0 Å². The molecule has 0 saturated heterocycles. The summed E-state index contributed by atoms with van der Waals surface area (Å²) in [4.78, 5) is 16.7. The number of carbonyl (C=O) groups excluding carboxylic acids is 1. The maximum Gasteiger partial charge on any atom is 0.257 e. The standard InChI is InChI=1S/C21H18N4O/c1-14-7-8-19(15(2)9-14)25-21(26)17-10-18(13-23-12-17)24-20-6-4-3-5-16(20)11-22/h3-10,12-13,24H,1-2H3,(H,25,26). The van der Waals surface area contributed by atoms with Gasteiger partial charge in [0.25, 0.3) is 5.91 Å². The first-order chi connectivity index (χ1) is 12.6. The molecule has 0 aliphatic rings. The molecule has 0 aliphatic heterocycles. The Morgan fingerprint density at radius 3 is 2.62 bits per heavy atom. The second-order valence-corrected chi connectivity index (χ2v) is 6.02. The van der Waals surface area contributed by atoms with E-state index in [1.807, 2.05) is 38.1 Å². The van der Waals surface area contributed by atoms with Gasteiger partial charge in [-0.05, 0) is 43.7 Å². The molecule has 1 amide bonds. The SMILES string of the molecule is Cc1ccc(NC(=O)c2cncc(Nc3ccccc3C#N)c2)c(C)c1. The van der Waals surface area contributed by atoms with Crippen molar-refractivity contribution in [2.45, 2.75) is 13.8 Å². The predicted octanol–water partition coefficient (Wildman–Crippen LogP) is 4.57. The highest BCUT2D eigenvalue weighted by atomic mass is 16.1. The van der Waals surface area contributed by atoms with Gasteiger partial charge in [-0.2, -0.15) is 5.26 Å². The van der Waals surface area contributed by atoms with Crippen LogP contribution in [0.25, 0.3) is 0 Å². The number of aromatic nitrogens is 1. The summed E-state index contributed by atoms with van der Waals surface area (Å²) in [6.07, 6.45) is 3.13. The first-order valence-corrected chi connectivity index (χ1v) is 8.16. The minimum atomic E-state index is -0.235. The molecule has 0 radical (unpaired) electrons. The average molecular weight is 342 g/mol. The number of pyridine rings is 1. The largest absolute Gasteiger partial charge is 0.353 e. The van der Waals surface area contributed by atoms with E-state index in [1.54, 1.807) is 30.5 Å². The van der Waals surface area contributed by atoms with E-state index >= 15 is 0 Å². The molecule has 5 heteroatoms. The lowest BCUT2D eigenvalue weighted by molar-refractivity contribution is 0.102. The molecule has 26 heavy (non-hydrogen) atoms. The minimum absolute atomic E-state index is 0.235. The van der Waals surface area contributed by atoms with Crippen molar-refractivity contribution in [3.05, 3.63) is 83.2 Å². The molecular formula is C21H18N4O. The number of anilines is 3. The first kappa shape index (κ1) is 17.2. The Kier molecular flexibility index (Phi) is 4.95. The summed E-state index contributed by atoms with van der Waals surface area (Å²) >= 11 is 0. The van der Waals surface area contributed by atoms with Crippen LogP contribution in [0.3, 0.4) is 0 Å². The number of rotatable bonds is 4. The van der Waals surface area contributed by atoms with E-state index in [2.05, 4.69) is 21.7 Å². The zero-order valence-corrected chi connectivity index (χ0v) is 14.6. The van der Waals surface area contributed by atoms with Crippen LogP contribution in [0.2, 0.25) is 0 Å². The number of para-hydroxylation sites is 1. The Hall–Kier alpha value is -3.65. The third kappa shape index (κ3) is 3.87. The van der Waals surface area contributed by atoms with Crippen LogP contribution in [-0.4, -0.2) is 10.9 Å². The maximum atomic E-state index is 12.5. The molecule has 1 heterocycles. The fourth-order valence-electron chi connectivity index (χ4n) is 2.63. The van der Waals surface area contributed by atoms with Gasteiger partial charge in [-0.3, -0.25) is 9.78 Å². The smallest absolute Gasteiger partial charge is 0.257 e. The summed E-state index contributed by atoms with van der Waals surface area (Å²) in [6, 6.07) is 16.9. The second-order valence-electron chi connectivity index (χ2n) is 6.02. The van der Waals surface area contributed by atoms with Gasteiger partial charge in [-0.25, -0.2) is 0 Å². The summed E-state index contributed by atoms with van der Waals surface area (Å²) in [6.45, 7) is 3.97. The van der Waals surface area contributed by atoms with Crippen molar-refractivity contribution < 1.29 is 4.79 Å². The van der Waals surface area contributed by atoms with Crippen molar-refractivity contribution >= 4 is 23.0 Å². The van der Waals surface area contributed by atoms with Crippen molar-refractivity contribution in [3.8, 4) is 6.07 Å². The monoisotopic (exact) mass is 342 g/mol. The lowest BCUT2D eigenvalue weighted by atomic mass is 10.1. The van der Waals surface area contributed by atoms with Crippen LogP contribution in [0, 0.1) is 25.2 Å². The average Bonchev–Trinajstić information content (AvgIpc) is 2.64. The van der Waals surface area contributed by atoms with Crippen LogP contribution in [0.4, 0.5) is 17.1 Å². The van der Waals surface area contributed by atoms with Crippen molar-refractivity contribution in [1.29, 1.82) is 5.26 Å². The number of aryl methyl sites for hydroxylation is 2. The van der Waals surface area contributed by atoms with Gasteiger partial charge in [0.1, 0.15) is 6.07 Å². The minimum Gasteiger partial charge on any atom is -0.353 e. The van der Waals surface area contributed by atoms with Gasteiger partial charge in [-0.1, -0.05) is 29.8 Å². The lowest BCUT2D eigenvalue weighted by Crippen LogP contribution is -2.13. The Morgan fingerprint density at radius 1 is 1.04 bits per heavy atom. The van der Waals surface area contributed by atoms with Crippen molar-refractivity contribution in [2.75, 3.05) is 10.6 Å². The molecule has 128 valence electrons. The molecule has 5 nitrogen and oxygen atoms in total. The number of hydrogen-bond acceptors (Lipinski definition) is 4. The van der Waals surface area contributed by atoms with Crippen LogP contribution in [0.5, 0.6) is 0 Å². The molecule has 2 N–H and O–H groups in total. The van der Waals surface area contributed by atoms with Gasteiger partial charge in [0.2, 0.25) is 0 Å². The van der Waals surface area contributed by atoms with Crippen LogP contribution in [-0.2, 0) is 0 Å². The molecule has 3 aromatic rings. The van der Waals surface area contributed by atoms with Gasteiger partial charge in [0.05, 0.1) is 28.7 Å². The third-order valence-corrected chi connectivity index (χ3v) is 3.96. The molecule has 0 fully saturated rings. The summed E-state index contributed by atoms with van der Waals surface area (Å²) in [7, 11) is 0. The van der Waals surface area contributed by atoms with Gasteiger partial charge < -0.3 is 10.6 Å². The van der Waals surface area contributed by atoms with E-state index in [0.29, 0.717) is 22.5 Å². The van der Waals surface area contributed by atoms with Gasteiger partial charge >= 0.3 is 0 Å². The molecule has 0 unspecified atom stereocenters. The molecule has 0 saturated carbocycles. The normalized spacial score (nSPS) is 10.0. The van der Waals surface area contributed by atoms with Crippen molar-refractivity contribution in [3.63, 3.8) is 0 Å². The number of carbonyl (C=O) groups is 1. The quantitative estimate of drug-likeness (QED) is 0.728. The Balaban J connectivity index is 1.80. The zero-order chi connectivity index (χ0) is 18.5. The Labute approximate surface area is 152 Å². The molecule has 3 rings (SSSR count). The molecule has 0 aliphatic carbocycles. The topological polar surface area (TPSA) is 77.8 Å². The molecular weight excluding hydrogens is 324 g/mol. The Bertz CT molecular complexity index is 1000. The summed E-state index contributed by atoms with van der Waals surface area (Å²) in [5, 5.41) is 15.2. The van der Waals surface area contributed by atoms with Crippen LogP contribution in [0.1, 0.15) is 27.0 Å². The van der Waals surface area contributed by atoms with Gasteiger partial charge in [-0.15, -0.1) is 0 Å². The summed E-state index contributed by atoms with van der Waals surface area (Å²) in [5.74, 6) is -0.235. The second kappa shape index (κ2) is 7.49. The van der Waals surface area contributed by atoms with Crippen LogP contribution in [0.15, 0.2) is 60.9 Å². The van der Waals surface area contributed by atoms with Crippen LogP contribution < -0.4 is 10.6 Å². The third-order valence-electron chi connectivity index (χ3n) is 3.96. The highest BCUT2D eigenvalue weighted by Gasteiger charge is 2.10. The first-order valence-electron chi connectivity index (χ1n) is 8.16. The number of benzene rings is 2. The van der Waals surface area contributed by atoms with E-state index in [9.17, 15) is 10.1 Å². The highest BCUT2D eigenvalue weighted by molar-refractivity contribution is 6.05. The molecule has 1 aromatic heterocycles.